The molecule has 130 valence electrons. The van der Waals surface area contributed by atoms with Crippen molar-refractivity contribution in [2.24, 2.45) is 0 Å². The number of anilines is 2. The lowest BCUT2D eigenvalue weighted by Crippen LogP contribution is -2.43. The Labute approximate surface area is 150 Å². The lowest BCUT2D eigenvalue weighted by molar-refractivity contribution is 0.586. The number of benzene rings is 1. The van der Waals surface area contributed by atoms with Crippen LogP contribution in [0.3, 0.4) is 0 Å². The van der Waals surface area contributed by atoms with Crippen LogP contribution in [0.2, 0.25) is 0 Å². The summed E-state index contributed by atoms with van der Waals surface area (Å²) in [6.07, 6.45) is 1.75. The van der Waals surface area contributed by atoms with Crippen LogP contribution in [-0.4, -0.2) is 39.6 Å². The third-order valence-corrected chi connectivity index (χ3v) is 7.06. The van der Waals surface area contributed by atoms with Gasteiger partial charge in [0.1, 0.15) is 10.0 Å². The molecule has 0 spiro atoms. The lowest BCUT2D eigenvalue weighted by atomic mass is 10.2. The van der Waals surface area contributed by atoms with Gasteiger partial charge in [0.15, 0.2) is 0 Å². The van der Waals surface area contributed by atoms with Crippen LogP contribution >= 0.6 is 11.3 Å². The van der Waals surface area contributed by atoms with Crippen molar-refractivity contribution in [2.45, 2.75) is 4.21 Å². The molecule has 3 aromatic rings. The van der Waals surface area contributed by atoms with Gasteiger partial charge in [-0.15, -0.1) is 11.3 Å². The van der Waals surface area contributed by atoms with Gasteiger partial charge in [-0.25, -0.2) is 13.4 Å². The molecule has 6 nitrogen and oxygen atoms in total. The third kappa shape index (κ3) is 3.33. The molecule has 0 amide bonds. The maximum absolute atomic E-state index is 12.7. The molecule has 0 saturated carbocycles. The average Bonchev–Trinajstić information content (AvgIpc) is 3.08. The fourth-order valence-corrected chi connectivity index (χ4v) is 5.33. The molecule has 1 saturated heterocycles. The number of hydrogen-bond donors (Lipinski definition) is 2. The van der Waals surface area contributed by atoms with E-state index in [4.69, 9.17) is 0 Å². The van der Waals surface area contributed by atoms with E-state index in [1.54, 1.807) is 36.5 Å². The van der Waals surface area contributed by atoms with Crippen LogP contribution in [0.15, 0.2) is 52.9 Å². The van der Waals surface area contributed by atoms with E-state index in [1.165, 1.54) is 11.3 Å². The molecule has 1 fully saturated rings. The summed E-state index contributed by atoms with van der Waals surface area (Å²) in [5.74, 6) is 0.858. The molecule has 0 atom stereocenters. The molecule has 4 rings (SSSR count). The van der Waals surface area contributed by atoms with E-state index >= 15 is 0 Å². The van der Waals surface area contributed by atoms with Crippen molar-refractivity contribution in [3.05, 3.63) is 48.7 Å². The monoisotopic (exact) mass is 374 g/mol. The smallest absolute Gasteiger partial charge is 0.271 e. The second-order valence-corrected chi connectivity index (χ2v) is 8.81. The van der Waals surface area contributed by atoms with Crippen molar-refractivity contribution in [1.29, 1.82) is 0 Å². The summed E-state index contributed by atoms with van der Waals surface area (Å²) in [5.41, 5.74) is 0.556. The Morgan fingerprint density at radius 3 is 2.64 bits per heavy atom. The van der Waals surface area contributed by atoms with Crippen molar-refractivity contribution in [3.8, 4) is 0 Å². The molecule has 3 heterocycles. The highest BCUT2D eigenvalue weighted by Crippen LogP contribution is 2.34. The highest BCUT2D eigenvalue weighted by molar-refractivity contribution is 7.94. The molecule has 0 radical (unpaired) electrons. The topological polar surface area (TPSA) is 74.3 Å². The first-order valence-corrected chi connectivity index (χ1v) is 10.4. The molecule has 25 heavy (non-hydrogen) atoms. The van der Waals surface area contributed by atoms with Crippen molar-refractivity contribution in [3.63, 3.8) is 0 Å². The summed E-state index contributed by atoms with van der Waals surface area (Å²) in [6, 6.07) is 12.5. The minimum absolute atomic E-state index is 0.302. The number of aromatic nitrogens is 1. The first-order chi connectivity index (χ1) is 12.1. The normalized spacial score (nSPS) is 15.4. The summed E-state index contributed by atoms with van der Waals surface area (Å²) in [6.45, 7) is 3.55. The molecular weight excluding hydrogens is 356 g/mol. The van der Waals surface area contributed by atoms with Crippen LogP contribution in [0.25, 0.3) is 10.1 Å². The zero-order chi connectivity index (χ0) is 17.3. The molecule has 2 N–H and O–H groups in total. The second kappa shape index (κ2) is 6.62. The molecule has 0 bridgehead atoms. The molecular formula is C17H18N4O2S2. The molecule has 1 aromatic carbocycles. The Hall–Kier alpha value is -2.16. The Kier molecular flexibility index (Phi) is 4.32. The Morgan fingerprint density at radius 1 is 1.12 bits per heavy atom. The fourth-order valence-electron chi connectivity index (χ4n) is 2.90. The standard InChI is InChI=1S/C17H18N4O2S2/c22-25(23,20-13-4-2-1-3-5-13)16-12-14-15(24-16)6-7-19-17(14)21-10-8-18-9-11-21/h1-7,12,18,20H,8-11H2. The number of rotatable bonds is 4. The predicted molar refractivity (Wildman–Crippen MR) is 102 cm³/mol. The van der Waals surface area contributed by atoms with Gasteiger partial charge in [-0.3, -0.25) is 4.72 Å². The van der Waals surface area contributed by atoms with Crippen LogP contribution in [0.1, 0.15) is 0 Å². The van der Waals surface area contributed by atoms with Crippen molar-refractivity contribution in [2.75, 3.05) is 35.8 Å². The maximum Gasteiger partial charge on any atom is 0.271 e. The van der Waals surface area contributed by atoms with E-state index < -0.39 is 10.0 Å². The Bertz CT molecular complexity index is 980. The number of nitrogens with one attached hydrogen (secondary N) is 2. The van der Waals surface area contributed by atoms with Crippen molar-refractivity contribution in [1.82, 2.24) is 10.3 Å². The zero-order valence-corrected chi connectivity index (χ0v) is 15.1. The summed E-state index contributed by atoms with van der Waals surface area (Å²) < 4.78 is 29.3. The van der Waals surface area contributed by atoms with Crippen LogP contribution in [-0.2, 0) is 10.0 Å². The SMILES string of the molecule is O=S(=O)(Nc1ccccc1)c1cc2c(N3CCNCC3)nccc2s1. The second-order valence-electron chi connectivity index (χ2n) is 5.82. The fraction of sp³-hybridized carbons (Fsp3) is 0.235. The van der Waals surface area contributed by atoms with E-state index in [-0.39, 0.29) is 0 Å². The highest BCUT2D eigenvalue weighted by Gasteiger charge is 2.21. The van der Waals surface area contributed by atoms with Gasteiger partial charge in [0.05, 0.1) is 0 Å². The first kappa shape index (κ1) is 16.3. The van der Waals surface area contributed by atoms with Gasteiger partial charge in [0.25, 0.3) is 10.0 Å². The van der Waals surface area contributed by atoms with E-state index in [9.17, 15) is 8.42 Å². The number of pyridine rings is 1. The Morgan fingerprint density at radius 2 is 1.88 bits per heavy atom. The minimum atomic E-state index is -3.61. The summed E-state index contributed by atoms with van der Waals surface area (Å²) >= 11 is 1.27. The molecule has 0 aliphatic carbocycles. The molecule has 1 aliphatic heterocycles. The quantitative estimate of drug-likeness (QED) is 0.734. The molecule has 8 heteroatoms. The number of hydrogen-bond acceptors (Lipinski definition) is 6. The minimum Gasteiger partial charge on any atom is -0.354 e. The third-order valence-electron chi connectivity index (χ3n) is 4.11. The molecule has 2 aromatic heterocycles. The maximum atomic E-state index is 12.7. The number of nitrogens with zero attached hydrogens (tertiary/aromatic N) is 2. The summed E-state index contributed by atoms with van der Waals surface area (Å²) in [7, 11) is -3.61. The number of para-hydroxylation sites is 1. The Balaban J connectivity index is 1.71. The number of fused-ring (bicyclic) bond motifs is 1. The van der Waals surface area contributed by atoms with Gasteiger partial charge in [-0.05, 0) is 24.3 Å². The number of thiophene rings is 1. The number of piperazine rings is 1. The summed E-state index contributed by atoms with van der Waals surface area (Å²) in [5, 5.41) is 4.21. The van der Waals surface area contributed by atoms with Gasteiger partial charge in [0, 0.05) is 48.1 Å². The van der Waals surface area contributed by atoms with Gasteiger partial charge in [-0.1, -0.05) is 18.2 Å². The van der Waals surface area contributed by atoms with Crippen LogP contribution < -0.4 is 14.9 Å². The molecule has 1 aliphatic rings. The van der Waals surface area contributed by atoms with E-state index in [1.807, 2.05) is 12.1 Å². The van der Waals surface area contributed by atoms with Gasteiger partial charge in [0.2, 0.25) is 0 Å². The van der Waals surface area contributed by atoms with E-state index in [0.717, 1.165) is 42.1 Å². The van der Waals surface area contributed by atoms with Crippen LogP contribution in [0.4, 0.5) is 11.5 Å². The van der Waals surface area contributed by atoms with Crippen LogP contribution in [0, 0.1) is 0 Å². The van der Waals surface area contributed by atoms with Gasteiger partial charge >= 0.3 is 0 Å². The number of sulfonamides is 1. The predicted octanol–water partition coefficient (Wildman–Crippen LogP) is 2.51. The van der Waals surface area contributed by atoms with Crippen molar-refractivity contribution >= 4 is 43.0 Å². The highest BCUT2D eigenvalue weighted by atomic mass is 32.2. The first-order valence-electron chi connectivity index (χ1n) is 8.05. The molecule has 0 unspecified atom stereocenters. The van der Waals surface area contributed by atoms with Gasteiger partial charge < -0.3 is 10.2 Å². The average molecular weight is 374 g/mol. The van der Waals surface area contributed by atoms with Crippen molar-refractivity contribution < 1.29 is 8.42 Å². The van der Waals surface area contributed by atoms with E-state index in [2.05, 4.69) is 19.9 Å². The van der Waals surface area contributed by atoms with E-state index in [0.29, 0.717) is 9.90 Å². The summed E-state index contributed by atoms with van der Waals surface area (Å²) in [4.78, 5) is 6.70. The van der Waals surface area contributed by atoms with Gasteiger partial charge in [-0.2, -0.15) is 0 Å². The zero-order valence-electron chi connectivity index (χ0n) is 13.5. The van der Waals surface area contributed by atoms with Crippen LogP contribution in [0.5, 0.6) is 0 Å². The lowest BCUT2D eigenvalue weighted by Gasteiger charge is -2.28. The largest absolute Gasteiger partial charge is 0.354 e.